The fourth-order valence-electron chi connectivity index (χ4n) is 1.77. The smallest absolute Gasteiger partial charge is 0.423 e. The molecule has 0 saturated carbocycles. The average Bonchev–Trinajstić information content (AvgIpc) is 2.48. The Morgan fingerprint density at radius 3 is 2.09 bits per heavy atom. The van der Waals surface area contributed by atoms with Crippen molar-refractivity contribution in [3.05, 3.63) is 54.1 Å². The van der Waals surface area contributed by atoms with Crippen LogP contribution in [0.15, 0.2) is 48.5 Å². The molecule has 0 radical (unpaired) electrons. The minimum Gasteiger partial charge on any atom is -0.423 e. The lowest BCUT2D eigenvalue weighted by Gasteiger charge is -2.06. The number of amides is 1. The van der Waals surface area contributed by atoms with Crippen LogP contribution in [0, 0.1) is 0 Å². The summed E-state index contributed by atoms with van der Waals surface area (Å²) in [6, 6.07) is 12.1. The molecule has 0 aliphatic heterocycles. The zero-order valence-corrected chi connectivity index (χ0v) is 11.8. The molecule has 2 aromatic rings. The number of hydrogen-bond acceptors (Lipinski definition) is 5. The number of anilines is 1. The van der Waals surface area contributed by atoms with E-state index in [-0.39, 0.29) is 5.91 Å². The van der Waals surface area contributed by atoms with Gasteiger partial charge in [0, 0.05) is 12.6 Å². The summed E-state index contributed by atoms with van der Waals surface area (Å²) < 4.78 is 5.17. The van der Waals surface area contributed by atoms with E-state index < -0.39 is 13.1 Å². The Hall–Kier alpha value is -2.64. The van der Waals surface area contributed by atoms with Crippen molar-refractivity contribution in [2.75, 3.05) is 5.32 Å². The van der Waals surface area contributed by atoms with Crippen molar-refractivity contribution in [3.63, 3.8) is 0 Å². The van der Waals surface area contributed by atoms with E-state index in [0.717, 1.165) is 0 Å². The van der Waals surface area contributed by atoms with E-state index >= 15 is 0 Å². The Kier molecular flexibility index (Phi) is 4.93. The van der Waals surface area contributed by atoms with E-state index in [9.17, 15) is 9.59 Å². The first-order valence-electron chi connectivity index (χ1n) is 6.51. The fourth-order valence-corrected chi connectivity index (χ4v) is 1.77. The van der Waals surface area contributed by atoms with Crippen LogP contribution in [0.2, 0.25) is 0 Å². The Morgan fingerprint density at radius 2 is 1.59 bits per heavy atom. The molecular weight excluding hydrogens is 285 g/mol. The number of carbonyl (C=O) groups is 2. The zero-order valence-electron chi connectivity index (χ0n) is 11.8. The molecule has 0 aromatic heterocycles. The number of rotatable bonds is 4. The molecule has 22 heavy (non-hydrogen) atoms. The van der Waals surface area contributed by atoms with Crippen LogP contribution < -0.4 is 15.5 Å². The molecule has 0 bridgehead atoms. The molecule has 7 heteroatoms. The summed E-state index contributed by atoms with van der Waals surface area (Å²) in [5.74, 6) is -0.450. The Bertz CT molecular complexity index is 667. The van der Waals surface area contributed by atoms with Crippen LogP contribution in [-0.2, 0) is 4.79 Å². The summed E-state index contributed by atoms with van der Waals surface area (Å²) in [6.07, 6.45) is 0. The van der Waals surface area contributed by atoms with E-state index in [0.29, 0.717) is 22.5 Å². The van der Waals surface area contributed by atoms with Gasteiger partial charge in [-0.15, -0.1) is 0 Å². The SMILES string of the molecule is CC(=O)Nc1ccc(C(=O)Oc2ccc(B(O)O)cc2)cc1. The Balaban J connectivity index is 2.03. The number of nitrogens with one attached hydrogen (secondary N) is 1. The highest BCUT2D eigenvalue weighted by Gasteiger charge is 2.12. The normalized spacial score (nSPS) is 9.95. The van der Waals surface area contributed by atoms with Gasteiger partial charge in [-0.3, -0.25) is 4.79 Å². The lowest BCUT2D eigenvalue weighted by atomic mass is 9.80. The molecule has 1 amide bonds. The molecule has 2 aromatic carbocycles. The standard InChI is InChI=1S/C15H14BNO5/c1-10(18)17-13-6-2-11(3-7-13)15(19)22-14-8-4-12(5-9-14)16(20)21/h2-9,20-21H,1H3,(H,17,18). The largest absolute Gasteiger partial charge is 0.488 e. The van der Waals surface area contributed by atoms with Crippen LogP contribution in [-0.4, -0.2) is 29.0 Å². The van der Waals surface area contributed by atoms with Crippen molar-refractivity contribution in [1.29, 1.82) is 0 Å². The first-order valence-corrected chi connectivity index (χ1v) is 6.51. The van der Waals surface area contributed by atoms with Crippen molar-refractivity contribution in [2.45, 2.75) is 6.92 Å². The van der Waals surface area contributed by atoms with Gasteiger partial charge >= 0.3 is 13.1 Å². The third-order valence-corrected chi connectivity index (χ3v) is 2.83. The lowest BCUT2D eigenvalue weighted by Crippen LogP contribution is -2.29. The van der Waals surface area contributed by atoms with Gasteiger partial charge in [0.05, 0.1) is 5.56 Å². The topological polar surface area (TPSA) is 95.9 Å². The van der Waals surface area contributed by atoms with Crippen LogP contribution in [0.4, 0.5) is 5.69 Å². The van der Waals surface area contributed by atoms with Crippen molar-refractivity contribution in [1.82, 2.24) is 0 Å². The van der Waals surface area contributed by atoms with Crippen LogP contribution in [0.1, 0.15) is 17.3 Å². The fraction of sp³-hybridized carbons (Fsp3) is 0.0667. The predicted molar refractivity (Wildman–Crippen MR) is 82.0 cm³/mol. The zero-order chi connectivity index (χ0) is 16.1. The molecule has 3 N–H and O–H groups in total. The molecule has 0 saturated heterocycles. The van der Waals surface area contributed by atoms with E-state index in [2.05, 4.69) is 5.32 Å². The number of hydrogen-bond donors (Lipinski definition) is 3. The van der Waals surface area contributed by atoms with Crippen molar-refractivity contribution in [2.24, 2.45) is 0 Å². The van der Waals surface area contributed by atoms with Gasteiger partial charge in [-0.25, -0.2) is 4.79 Å². The van der Waals surface area contributed by atoms with Crippen LogP contribution in [0.25, 0.3) is 0 Å². The summed E-state index contributed by atoms with van der Waals surface area (Å²) in [5, 5.41) is 20.6. The second kappa shape index (κ2) is 6.88. The maximum Gasteiger partial charge on any atom is 0.488 e. The third kappa shape index (κ3) is 4.18. The summed E-state index contributed by atoms with van der Waals surface area (Å²) >= 11 is 0. The Labute approximate surface area is 127 Å². The van der Waals surface area contributed by atoms with Gasteiger partial charge in [-0.2, -0.15) is 0 Å². The quantitative estimate of drug-likeness (QED) is 0.435. The van der Waals surface area contributed by atoms with Gasteiger partial charge in [0.15, 0.2) is 0 Å². The molecular formula is C15H14BNO5. The number of esters is 1. The molecule has 0 atom stereocenters. The van der Waals surface area contributed by atoms with Crippen molar-refractivity contribution in [3.8, 4) is 5.75 Å². The third-order valence-electron chi connectivity index (χ3n) is 2.83. The molecule has 0 fully saturated rings. The monoisotopic (exact) mass is 299 g/mol. The minimum atomic E-state index is -1.56. The summed E-state index contributed by atoms with van der Waals surface area (Å²) in [4.78, 5) is 22.9. The molecule has 2 rings (SSSR count). The molecule has 0 aliphatic rings. The van der Waals surface area contributed by atoms with Gasteiger partial charge in [-0.05, 0) is 41.9 Å². The molecule has 6 nitrogen and oxygen atoms in total. The lowest BCUT2D eigenvalue weighted by molar-refractivity contribution is -0.114. The van der Waals surface area contributed by atoms with Crippen LogP contribution in [0.3, 0.4) is 0 Å². The highest BCUT2D eigenvalue weighted by atomic mass is 16.5. The average molecular weight is 299 g/mol. The van der Waals surface area contributed by atoms with Crippen molar-refractivity contribution < 1.29 is 24.4 Å². The Morgan fingerprint density at radius 1 is 1.00 bits per heavy atom. The van der Waals surface area contributed by atoms with Crippen LogP contribution >= 0.6 is 0 Å². The van der Waals surface area contributed by atoms with E-state index in [1.807, 2.05) is 0 Å². The van der Waals surface area contributed by atoms with Gasteiger partial charge in [0.1, 0.15) is 5.75 Å². The first kappa shape index (κ1) is 15.7. The highest BCUT2D eigenvalue weighted by molar-refractivity contribution is 6.58. The molecule has 0 spiro atoms. The number of benzene rings is 2. The second-order valence-electron chi connectivity index (χ2n) is 4.59. The van der Waals surface area contributed by atoms with Gasteiger partial charge < -0.3 is 20.1 Å². The summed E-state index contributed by atoms with van der Waals surface area (Å²) in [6.45, 7) is 1.40. The summed E-state index contributed by atoms with van der Waals surface area (Å²) in [5.41, 5.74) is 1.23. The maximum atomic E-state index is 12.0. The first-order chi connectivity index (χ1) is 10.5. The number of ether oxygens (including phenoxy) is 1. The van der Waals surface area contributed by atoms with E-state index in [4.69, 9.17) is 14.8 Å². The van der Waals surface area contributed by atoms with Crippen molar-refractivity contribution >= 4 is 30.1 Å². The molecule has 0 aliphatic carbocycles. The summed E-state index contributed by atoms with van der Waals surface area (Å²) in [7, 11) is -1.56. The molecule has 0 heterocycles. The van der Waals surface area contributed by atoms with E-state index in [1.54, 1.807) is 24.3 Å². The minimum absolute atomic E-state index is 0.193. The van der Waals surface area contributed by atoms with E-state index in [1.165, 1.54) is 31.2 Å². The van der Waals surface area contributed by atoms with Gasteiger partial charge in [0.2, 0.25) is 5.91 Å². The van der Waals surface area contributed by atoms with Crippen LogP contribution in [0.5, 0.6) is 5.75 Å². The highest BCUT2D eigenvalue weighted by Crippen LogP contribution is 2.14. The maximum absolute atomic E-state index is 12.0. The van der Waals surface area contributed by atoms with Gasteiger partial charge in [0.25, 0.3) is 0 Å². The second-order valence-corrected chi connectivity index (χ2v) is 4.59. The molecule has 112 valence electrons. The number of carbonyl (C=O) groups excluding carboxylic acids is 2. The predicted octanol–water partition coefficient (Wildman–Crippen LogP) is 0.544. The molecule has 0 unspecified atom stereocenters. The van der Waals surface area contributed by atoms with Gasteiger partial charge in [-0.1, -0.05) is 12.1 Å².